The van der Waals surface area contributed by atoms with Crippen LogP contribution in [0.2, 0.25) is 5.02 Å². The molecule has 3 aromatic carbocycles. The highest BCUT2D eigenvalue weighted by atomic mass is 35.5. The summed E-state index contributed by atoms with van der Waals surface area (Å²) >= 11 is 5.82. The lowest BCUT2D eigenvalue weighted by Crippen LogP contribution is -2.05. The Labute approximate surface area is 182 Å². The highest BCUT2D eigenvalue weighted by molar-refractivity contribution is 6.31. The van der Waals surface area contributed by atoms with Crippen LogP contribution in [0.5, 0.6) is 11.5 Å². The van der Waals surface area contributed by atoms with Crippen LogP contribution in [0.4, 0.5) is 16.0 Å². The average molecular weight is 438 g/mol. The van der Waals surface area contributed by atoms with Crippen molar-refractivity contribution in [2.24, 2.45) is 0 Å². The maximum absolute atomic E-state index is 13.4. The fraction of sp³-hybridized carbons (Fsp3) is 0.0870. The third-order valence-electron chi connectivity index (χ3n) is 4.31. The zero-order chi connectivity index (χ0) is 21.8. The Morgan fingerprint density at radius 2 is 1.90 bits per heavy atom. The Morgan fingerprint density at radius 3 is 2.65 bits per heavy atom. The molecule has 4 rings (SSSR count). The molecule has 8 heteroatoms. The first kappa shape index (κ1) is 20.6. The summed E-state index contributed by atoms with van der Waals surface area (Å²) in [6, 6.07) is 17.2. The van der Waals surface area contributed by atoms with Crippen molar-refractivity contribution in [3.63, 3.8) is 0 Å². The molecule has 0 unspecified atom stereocenters. The lowest BCUT2D eigenvalue weighted by atomic mass is 10.2. The first-order valence-corrected chi connectivity index (χ1v) is 9.74. The minimum atomic E-state index is -0.513. The third kappa shape index (κ3) is 5.07. The van der Waals surface area contributed by atoms with Gasteiger partial charge in [0.15, 0.2) is 11.5 Å². The first-order chi connectivity index (χ1) is 15.0. The van der Waals surface area contributed by atoms with Gasteiger partial charge in [0.2, 0.25) is 5.95 Å². The molecule has 0 aliphatic heterocycles. The molecule has 156 valence electrons. The molecular weight excluding hydrogens is 421 g/mol. The number of benzene rings is 3. The van der Waals surface area contributed by atoms with Crippen molar-refractivity contribution in [2.45, 2.75) is 13.5 Å². The SMILES string of the molecule is CC(=O)Oc1cc2nc(Nc3ccc(F)c(Cl)c3)ncc2cc1OCc1ccccc1. The van der Waals surface area contributed by atoms with Crippen LogP contribution in [0.1, 0.15) is 12.5 Å². The van der Waals surface area contributed by atoms with E-state index in [-0.39, 0.29) is 16.7 Å². The molecule has 31 heavy (non-hydrogen) atoms. The van der Waals surface area contributed by atoms with Gasteiger partial charge < -0.3 is 14.8 Å². The number of ether oxygens (including phenoxy) is 2. The lowest BCUT2D eigenvalue weighted by Gasteiger charge is -2.13. The van der Waals surface area contributed by atoms with Crippen molar-refractivity contribution < 1.29 is 18.7 Å². The van der Waals surface area contributed by atoms with Gasteiger partial charge in [-0.1, -0.05) is 41.9 Å². The molecule has 0 saturated heterocycles. The summed E-state index contributed by atoms with van der Waals surface area (Å²) < 4.78 is 24.6. The van der Waals surface area contributed by atoms with Crippen LogP contribution >= 0.6 is 11.6 Å². The van der Waals surface area contributed by atoms with E-state index in [2.05, 4.69) is 15.3 Å². The van der Waals surface area contributed by atoms with Crippen molar-refractivity contribution in [3.8, 4) is 11.5 Å². The molecule has 1 heterocycles. The van der Waals surface area contributed by atoms with E-state index >= 15 is 0 Å². The lowest BCUT2D eigenvalue weighted by molar-refractivity contribution is -0.132. The fourth-order valence-corrected chi connectivity index (χ4v) is 3.07. The molecule has 0 bridgehead atoms. The predicted octanol–water partition coefficient (Wildman–Crippen LogP) is 5.67. The summed E-state index contributed by atoms with van der Waals surface area (Å²) in [6.07, 6.45) is 1.61. The number of carbonyl (C=O) groups excluding carboxylic acids is 1. The number of carbonyl (C=O) groups is 1. The summed E-state index contributed by atoms with van der Waals surface area (Å²) in [5.41, 5.74) is 2.05. The molecule has 6 nitrogen and oxygen atoms in total. The Balaban J connectivity index is 1.63. The van der Waals surface area contributed by atoms with Gasteiger partial charge >= 0.3 is 5.97 Å². The Kier molecular flexibility index (Phi) is 5.95. The molecule has 0 radical (unpaired) electrons. The van der Waals surface area contributed by atoms with Crippen LogP contribution in [-0.2, 0) is 11.4 Å². The standard InChI is InChI=1S/C23H17ClFN3O3/c1-14(29)31-22-11-20-16(9-21(22)30-13-15-5-3-2-4-6-15)12-26-23(28-20)27-17-7-8-19(25)18(24)10-17/h2-12H,13H2,1H3,(H,26,27,28). The van der Waals surface area contributed by atoms with E-state index in [1.807, 2.05) is 30.3 Å². The molecule has 1 N–H and O–H groups in total. The van der Waals surface area contributed by atoms with E-state index in [1.54, 1.807) is 18.3 Å². The molecule has 1 aromatic heterocycles. The smallest absolute Gasteiger partial charge is 0.308 e. The average Bonchev–Trinajstić information content (AvgIpc) is 2.75. The number of esters is 1. The molecule has 0 spiro atoms. The van der Waals surface area contributed by atoms with Gasteiger partial charge in [-0.05, 0) is 29.8 Å². The minimum Gasteiger partial charge on any atom is -0.485 e. The van der Waals surface area contributed by atoms with E-state index < -0.39 is 11.8 Å². The Bertz CT molecular complexity index is 1250. The number of aromatic nitrogens is 2. The number of fused-ring (bicyclic) bond motifs is 1. The number of nitrogens with zero attached hydrogens (tertiary/aromatic N) is 2. The number of anilines is 2. The number of nitrogens with one attached hydrogen (secondary N) is 1. The van der Waals surface area contributed by atoms with Gasteiger partial charge in [-0.15, -0.1) is 0 Å². The normalized spacial score (nSPS) is 10.7. The van der Waals surface area contributed by atoms with E-state index in [9.17, 15) is 9.18 Å². The van der Waals surface area contributed by atoms with Gasteiger partial charge in [-0.3, -0.25) is 4.79 Å². The number of hydrogen-bond acceptors (Lipinski definition) is 6. The van der Waals surface area contributed by atoms with Crippen LogP contribution in [-0.4, -0.2) is 15.9 Å². The predicted molar refractivity (Wildman–Crippen MR) is 116 cm³/mol. The van der Waals surface area contributed by atoms with Gasteiger partial charge in [0, 0.05) is 30.3 Å². The first-order valence-electron chi connectivity index (χ1n) is 9.36. The van der Waals surface area contributed by atoms with Gasteiger partial charge in [0.25, 0.3) is 0 Å². The molecule has 4 aromatic rings. The second-order valence-corrected chi connectivity index (χ2v) is 7.08. The zero-order valence-electron chi connectivity index (χ0n) is 16.4. The summed E-state index contributed by atoms with van der Waals surface area (Å²) in [6.45, 7) is 1.63. The second-order valence-electron chi connectivity index (χ2n) is 6.67. The highest BCUT2D eigenvalue weighted by Crippen LogP contribution is 2.33. The maximum atomic E-state index is 13.4. The summed E-state index contributed by atoms with van der Waals surface area (Å²) in [5.74, 6) is -0.0496. The van der Waals surface area contributed by atoms with Gasteiger partial charge in [0.1, 0.15) is 12.4 Å². The number of hydrogen-bond donors (Lipinski definition) is 1. The fourth-order valence-electron chi connectivity index (χ4n) is 2.88. The molecule has 0 fully saturated rings. The second kappa shape index (κ2) is 8.97. The molecule has 0 amide bonds. The monoisotopic (exact) mass is 437 g/mol. The van der Waals surface area contributed by atoms with Crippen molar-refractivity contribution in [1.82, 2.24) is 9.97 Å². The summed E-state index contributed by atoms with van der Waals surface area (Å²) in [5, 5.41) is 3.66. The van der Waals surface area contributed by atoms with Gasteiger partial charge in [-0.2, -0.15) is 0 Å². The van der Waals surface area contributed by atoms with Crippen molar-refractivity contribution in [1.29, 1.82) is 0 Å². The van der Waals surface area contributed by atoms with E-state index in [4.69, 9.17) is 21.1 Å². The van der Waals surface area contributed by atoms with Crippen molar-refractivity contribution in [2.75, 3.05) is 5.32 Å². The molecule has 0 saturated carbocycles. The van der Waals surface area contributed by atoms with Crippen LogP contribution in [0, 0.1) is 5.82 Å². The van der Waals surface area contributed by atoms with Gasteiger partial charge in [-0.25, -0.2) is 14.4 Å². The van der Waals surface area contributed by atoms with Crippen molar-refractivity contribution in [3.05, 3.63) is 83.3 Å². The maximum Gasteiger partial charge on any atom is 0.308 e. The molecule has 0 aliphatic rings. The minimum absolute atomic E-state index is 0.0110. The van der Waals surface area contributed by atoms with Crippen LogP contribution in [0.25, 0.3) is 10.9 Å². The van der Waals surface area contributed by atoms with E-state index in [0.717, 1.165) is 5.56 Å². The highest BCUT2D eigenvalue weighted by Gasteiger charge is 2.13. The van der Waals surface area contributed by atoms with Gasteiger partial charge in [0.05, 0.1) is 10.5 Å². The third-order valence-corrected chi connectivity index (χ3v) is 4.60. The van der Waals surface area contributed by atoms with E-state index in [1.165, 1.54) is 25.1 Å². The number of rotatable bonds is 6. The topological polar surface area (TPSA) is 73.3 Å². The summed E-state index contributed by atoms with van der Waals surface area (Å²) in [7, 11) is 0. The summed E-state index contributed by atoms with van der Waals surface area (Å²) in [4.78, 5) is 20.3. The largest absolute Gasteiger partial charge is 0.485 e. The number of halogens is 2. The zero-order valence-corrected chi connectivity index (χ0v) is 17.2. The Hall–Kier alpha value is -3.71. The van der Waals surface area contributed by atoms with Crippen LogP contribution in [0.3, 0.4) is 0 Å². The van der Waals surface area contributed by atoms with Crippen LogP contribution in [0.15, 0.2) is 66.9 Å². The molecular formula is C23H17ClFN3O3. The molecule has 0 aliphatic carbocycles. The quantitative estimate of drug-likeness (QED) is 0.309. The molecule has 0 atom stereocenters. The van der Waals surface area contributed by atoms with Crippen molar-refractivity contribution >= 4 is 40.1 Å². The van der Waals surface area contributed by atoms with Crippen LogP contribution < -0.4 is 14.8 Å². The van der Waals surface area contributed by atoms with E-state index in [0.29, 0.717) is 28.9 Å². The Morgan fingerprint density at radius 1 is 1.10 bits per heavy atom.